The van der Waals surface area contributed by atoms with Gasteiger partial charge in [-0.25, -0.2) is 4.98 Å². The van der Waals surface area contributed by atoms with Gasteiger partial charge in [0.2, 0.25) is 0 Å². The molecule has 4 nitrogen and oxygen atoms in total. The number of aromatic nitrogens is 4. The third kappa shape index (κ3) is 2.14. The fourth-order valence-electron chi connectivity index (χ4n) is 2.28. The summed E-state index contributed by atoms with van der Waals surface area (Å²) >= 11 is 5.33. The number of pyridine rings is 1. The van der Waals surface area contributed by atoms with E-state index in [0.717, 1.165) is 22.4 Å². The second kappa shape index (κ2) is 4.52. The van der Waals surface area contributed by atoms with Gasteiger partial charge in [0.15, 0.2) is 10.6 Å². The number of hydrogen-bond acceptors (Lipinski definition) is 3. The van der Waals surface area contributed by atoms with Crippen LogP contribution in [0.4, 0.5) is 0 Å². The number of H-pyrrole nitrogens is 1. The van der Waals surface area contributed by atoms with Crippen LogP contribution in [0.2, 0.25) is 0 Å². The van der Waals surface area contributed by atoms with E-state index in [0.29, 0.717) is 4.77 Å². The van der Waals surface area contributed by atoms with Gasteiger partial charge >= 0.3 is 0 Å². The van der Waals surface area contributed by atoms with Gasteiger partial charge in [0.05, 0.1) is 5.52 Å². The van der Waals surface area contributed by atoms with Crippen molar-refractivity contribution >= 4 is 23.1 Å². The zero-order chi connectivity index (χ0) is 14.3. The number of aromatic amines is 1. The molecule has 0 aliphatic carbocycles. The maximum Gasteiger partial charge on any atom is 0.195 e. The van der Waals surface area contributed by atoms with Crippen molar-refractivity contribution < 1.29 is 0 Å². The third-order valence-corrected chi connectivity index (χ3v) is 3.44. The van der Waals surface area contributed by atoms with Gasteiger partial charge < -0.3 is 0 Å². The van der Waals surface area contributed by atoms with E-state index in [4.69, 9.17) is 12.2 Å². The van der Waals surface area contributed by atoms with Crippen LogP contribution in [0.15, 0.2) is 36.4 Å². The highest BCUT2D eigenvalue weighted by molar-refractivity contribution is 7.71. The molecule has 0 aliphatic rings. The average molecular weight is 284 g/mol. The molecule has 0 saturated heterocycles. The number of nitrogens with zero attached hydrogens (tertiary/aromatic N) is 3. The second-order valence-corrected chi connectivity index (χ2v) is 6.13. The lowest BCUT2D eigenvalue weighted by Gasteiger charge is -2.22. The summed E-state index contributed by atoms with van der Waals surface area (Å²) in [7, 11) is 0. The fraction of sp³-hybridized carbons (Fsp3) is 0.267. The second-order valence-electron chi connectivity index (χ2n) is 5.75. The van der Waals surface area contributed by atoms with Crippen LogP contribution < -0.4 is 0 Å². The first-order valence-electron chi connectivity index (χ1n) is 6.51. The molecule has 20 heavy (non-hydrogen) atoms. The summed E-state index contributed by atoms with van der Waals surface area (Å²) in [6, 6.07) is 12.1. The van der Waals surface area contributed by atoms with E-state index in [1.807, 2.05) is 34.9 Å². The Morgan fingerprint density at radius 1 is 1.10 bits per heavy atom. The van der Waals surface area contributed by atoms with Crippen molar-refractivity contribution in [1.82, 2.24) is 19.7 Å². The number of fused-ring (bicyclic) bond motifs is 1. The molecule has 0 amide bonds. The molecule has 0 unspecified atom stereocenters. The SMILES string of the molecule is CC(C)(C)n1c(-c2ccc3ccccc3n2)n[nH]c1=S. The molecular formula is C15H16N4S. The lowest BCUT2D eigenvalue weighted by molar-refractivity contribution is 0.395. The molecule has 0 atom stereocenters. The summed E-state index contributed by atoms with van der Waals surface area (Å²) in [5.74, 6) is 0.772. The molecule has 0 aliphatic heterocycles. The number of benzene rings is 1. The Hall–Kier alpha value is -2.01. The van der Waals surface area contributed by atoms with Crippen LogP contribution in [0.1, 0.15) is 20.8 Å². The normalized spacial score (nSPS) is 11.9. The van der Waals surface area contributed by atoms with Gasteiger partial charge in [-0.2, -0.15) is 5.10 Å². The zero-order valence-electron chi connectivity index (χ0n) is 11.7. The van der Waals surface area contributed by atoms with Gasteiger partial charge in [-0.05, 0) is 45.1 Å². The third-order valence-electron chi connectivity index (χ3n) is 3.17. The number of para-hydroxylation sites is 1. The zero-order valence-corrected chi connectivity index (χ0v) is 12.5. The van der Waals surface area contributed by atoms with Crippen molar-refractivity contribution in [2.75, 3.05) is 0 Å². The smallest absolute Gasteiger partial charge is 0.195 e. The maximum atomic E-state index is 5.33. The summed E-state index contributed by atoms with van der Waals surface area (Å²) in [6.07, 6.45) is 0. The first kappa shape index (κ1) is 13.0. The summed E-state index contributed by atoms with van der Waals surface area (Å²) in [5, 5.41) is 8.33. The van der Waals surface area contributed by atoms with E-state index >= 15 is 0 Å². The summed E-state index contributed by atoms with van der Waals surface area (Å²) in [4.78, 5) is 4.68. The van der Waals surface area contributed by atoms with E-state index in [-0.39, 0.29) is 5.54 Å². The van der Waals surface area contributed by atoms with E-state index < -0.39 is 0 Å². The highest BCUT2D eigenvalue weighted by Gasteiger charge is 2.21. The molecule has 3 rings (SSSR count). The average Bonchev–Trinajstić information content (AvgIpc) is 2.80. The molecule has 1 N–H and O–H groups in total. The Balaban J connectivity index is 2.24. The summed E-state index contributed by atoms with van der Waals surface area (Å²) in [6.45, 7) is 6.30. The van der Waals surface area contributed by atoms with E-state index in [1.165, 1.54) is 0 Å². The van der Waals surface area contributed by atoms with Gasteiger partial charge in [0.25, 0.3) is 0 Å². The topological polar surface area (TPSA) is 46.5 Å². The molecule has 0 radical (unpaired) electrons. The van der Waals surface area contributed by atoms with Crippen LogP contribution in [0.5, 0.6) is 0 Å². The van der Waals surface area contributed by atoms with Gasteiger partial charge in [-0.1, -0.05) is 24.3 Å². The van der Waals surface area contributed by atoms with Gasteiger partial charge in [0.1, 0.15) is 5.69 Å². The molecule has 5 heteroatoms. The van der Waals surface area contributed by atoms with Crippen LogP contribution >= 0.6 is 12.2 Å². The Labute approximate surface area is 122 Å². The molecule has 0 fully saturated rings. The van der Waals surface area contributed by atoms with Crippen LogP contribution in [0, 0.1) is 4.77 Å². The summed E-state index contributed by atoms with van der Waals surface area (Å²) in [5.41, 5.74) is 1.64. The standard InChI is InChI=1S/C15H16N4S/c1-15(2,3)19-13(17-18-14(19)20)12-9-8-10-6-4-5-7-11(10)16-12/h4-9H,1-3H3,(H,18,20). The fourth-order valence-corrected chi connectivity index (χ4v) is 2.69. The number of hydrogen-bond donors (Lipinski definition) is 1. The minimum Gasteiger partial charge on any atom is -0.293 e. The Morgan fingerprint density at radius 3 is 2.60 bits per heavy atom. The predicted molar refractivity (Wildman–Crippen MR) is 83.1 cm³/mol. The predicted octanol–water partition coefficient (Wildman–Crippen LogP) is 3.91. The quantitative estimate of drug-likeness (QED) is 0.689. The molecule has 2 heterocycles. The molecule has 0 bridgehead atoms. The number of nitrogens with one attached hydrogen (secondary N) is 1. The van der Waals surface area contributed by atoms with Crippen molar-refractivity contribution in [2.24, 2.45) is 0 Å². The van der Waals surface area contributed by atoms with Crippen LogP contribution in [-0.4, -0.2) is 19.7 Å². The Bertz CT molecular complexity index is 823. The Kier molecular flexibility index (Phi) is 2.94. The van der Waals surface area contributed by atoms with Gasteiger partial charge in [-0.15, -0.1) is 0 Å². The van der Waals surface area contributed by atoms with Crippen LogP contribution in [-0.2, 0) is 5.54 Å². The first-order valence-corrected chi connectivity index (χ1v) is 6.92. The van der Waals surface area contributed by atoms with E-state index in [2.05, 4.69) is 42.0 Å². The highest BCUT2D eigenvalue weighted by Crippen LogP contribution is 2.24. The van der Waals surface area contributed by atoms with Crippen molar-refractivity contribution in [1.29, 1.82) is 0 Å². The van der Waals surface area contributed by atoms with Crippen molar-refractivity contribution in [2.45, 2.75) is 26.3 Å². The molecule has 0 saturated carbocycles. The first-order chi connectivity index (χ1) is 9.47. The van der Waals surface area contributed by atoms with Crippen molar-refractivity contribution in [3.05, 3.63) is 41.2 Å². The van der Waals surface area contributed by atoms with Crippen LogP contribution in [0.25, 0.3) is 22.4 Å². The molecule has 1 aromatic carbocycles. The summed E-state index contributed by atoms with van der Waals surface area (Å²) < 4.78 is 2.61. The minimum absolute atomic E-state index is 0.146. The lowest BCUT2D eigenvalue weighted by Crippen LogP contribution is -2.23. The van der Waals surface area contributed by atoms with Gasteiger partial charge in [-0.3, -0.25) is 9.67 Å². The number of rotatable bonds is 1. The molecule has 0 spiro atoms. The molecule has 102 valence electrons. The molecule has 3 aromatic rings. The van der Waals surface area contributed by atoms with Crippen LogP contribution in [0.3, 0.4) is 0 Å². The minimum atomic E-state index is -0.146. The van der Waals surface area contributed by atoms with Gasteiger partial charge in [0, 0.05) is 10.9 Å². The van der Waals surface area contributed by atoms with E-state index in [1.54, 1.807) is 0 Å². The van der Waals surface area contributed by atoms with Crippen molar-refractivity contribution in [3.63, 3.8) is 0 Å². The lowest BCUT2D eigenvalue weighted by atomic mass is 10.1. The Morgan fingerprint density at radius 2 is 1.85 bits per heavy atom. The maximum absolute atomic E-state index is 5.33. The highest BCUT2D eigenvalue weighted by atomic mass is 32.1. The largest absolute Gasteiger partial charge is 0.293 e. The van der Waals surface area contributed by atoms with Crippen molar-refractivity contribution in [3.8, 4) is 11.5 Å². The monoisotopic (exact) mass is 284 g/mol. The van der Waals surface area contributed by atoms with E-state index in [9.17, 15) is 0 Å². The molecule has 2 aromatic heterocycles. The molecular weight excluding hydrogens is 268 g/mol.